The van der Waals surface area contributed by atoms with Crippen LogP contribution in [0.25, 0.3) is 0 Å². The molecule has 0 aliphatic carbocycles. The van der Waals surface area contributed by atoms with Crippen LogP contribution < -0.4 is 20.7 Å². The highest BCUT2D eigenvalue weighted by molar-refractivity contribution is 5.81. The smallest absolute Gasteiger partial charge is 0.387 e. The molecule has 6 nitrogen and oxygen atoms in total. The SMILES string of the molecule is CCC(C)NC(=O)CCNC(=NC)NCc1ccccc1OC(F)F. The summed E-state index contributed by atoms with van der Waals surface area (Å²) in [6, 6.07) is 6.70. The van der Waals surface area contributed by atoms with Gasteiger partial charge in [0.05, 0.1) is 0 Å². The van der Waals surface area contributed by atoms with Crippen LogP contribution in [0.5, 0.6) is 5.75 Å². The van der Waals surface area contributed by atoms with Gasteiger partial charge in [-0.2, -0.15) is 8.78 Å². The average molecular weight is 356 g/mol. The van der Waals surface area contributed by atoms with Crippen LogP contribution in [-0.2, 0) is 11.3 Å². The van der Waals surface area contributed by atoms with Gasteiger partial charge in [0.15, 0.2) is 5.96 Å². The summed E-state index contributed by atoms with van der Waals surface area (Å²) in [4.78, 5) is 15.8. The monoisotopic (exact) mass is 356 g/mol. The van der Waals surface area contributed by atoms with Crippen molar-refractivity contribution in [1.29, 1.82) is 0 Å². The Labute approximate surface area is 147 Å². The van der Waals surface area contributed by atoms with E-state index in [-0.39, 0.29) is 24.2 Å². The molecule has 1 unspecified atom stereocenters. The van der Waals surface area contributed by atoms with E-state index in [9.17, 15) is 13.6 Å². The van der Waals surface area contributed by atoms with E-state index in [1.807, 2.05) is 13.8 Å². The van der Waals surface area contributed by atoms with Crippen LogP contribution in [-0.4, -0.2) is 38.1 Å². The van der Waals surface area contributed by atoms with Crippen LogP contribution >= 0.6 is 0 Å². The molecule has 1 atom stereocenters. The summed E-state index contributed by atoms with van der Waals surface area (Å²) in [7, 11) is 1.59. The zero-order valence-corrected chi connectivity index (χ0v) is 14.8. The first-order valence-electron chi connectivity index (χ1n) is 8.22. The van der Waals surface area contributed by atoms with Gasteiger partial charge in [-0.3, -0.25) is 9.79 Å². The summed E-state index contributed by atoms with van der Waals surface area (Å²) in [6.45, 7) is 1.76. The van der Waals surface area contributed by atoms with Crippen molar-refractivity contribution in [3.63, 3.8) is 0 Å². The van der Waals surface area contributed by atoms with E-state index >= 15 is 0 Å². The third-order valence-corrected chi connectivity index (χ3v) is 3.52. The molecule has 1 rings (SSSR count). The number of nitrogens with one attached hydrogen (secondary N) is 3. The van der Waals surface area contributed by atoms with Gasteiger partial charge in [-0.25, -0.2) is 0 Å². The van der Waals surface area contributed by atoms with Crippen LogP contribution in [0.15, 0.2) is 29.3 Å². The van der Waals surface area contributed by atoms with E-state index in [0.29, 0.717) is 24.5 Å². The number of halogens is 2. The standard InChI is InChI=1S/C17H26F2N4O2/c1-4-12(2)23-15(24)9-10-21-17(20-3)22-11-13-7-5-6-8-14(13)25-16(18)19/h5-8,12,16H,4,9-11H2,1-3H3,(H,23,24)(H2,20,21,22). The Bertz CT molecular complexity index is 567. The first-order valence-corrected chi connectivity index (χ1v) is 8.22. The van der Waals surface area contributed by atoms with Gasteiger partial charge in [-0.15, -0.1) is 0 Å². The number of amides is 1. The van der Waals surface area contributed by atoms with E-state index in [4.69, 9.17) is 0 Å². The number of guanidine groups is 1. The summed E-state index contributed by atoms with van der Waals surface area (Å²) in [6.07, 6.45) is 1.19. The highest BCUT2D eigenvalue weighted by Crippen LogP contribution is 2.19. The predicted octanol–water partition coefficient (Wildman–Crippen LogP) is 2.26. The number of para-hydroxylation sites is 1. The number of carbonyl (C=O) groups is 1. The number of aliphatic imine (C=N–C) groups is 1. The molecular weight excluding hydrogens is 330 g/mol. The molecule has 25 heavy (non-hydrogen) atoms. The number of benzene rings is 1. The van der Waals surface area contributed by atoms with Gasteiger partial charge in [-0.1, -0.05) is 25.1 Å². The van der Waals surface area contributed by atoms with Gasteiger partial charge in [0.25, 0.3) is 0 Å². The number of carbonyl (C=O) groups excluding carboxylic acids is 1. The van der Waals surface area contributed by atoms with Crippen molar-refractivity contribution in [1.82, 2.24) is 16.0 Å². The molecular formula is C17H26F2N4O2. The van der Waals surface area contributed by atoms with Gasteiger partial charge in [0.1, 0.15) is 5.75 Å². The maximum atomic E-state index is 12.4. The molecule has 3 N–H and O–H groups in total. The molecule has 0 radical (unpaired) electrons. The first kappa shape index (κ1) is 20.7. The first-order chi connectivity index (χ1) is 12.0. The van der Waals surface area contributed by atoms with E-state index in [1.54, 1.807) is 25.2 Å². The van der Waals surface area contributed by atoms with Gasteiger partial charge in [0, 0.05) is 38.2 Å². The third kappa shape index (κ3) is 8.32. The molecule has 0 fully saturated rings. The lowest BCUT2D eigenvalue weighted by atomic mass is 10.2. The lowest BCUT2D eigenvalue weighted by Gasteiger charge is -2.15. The van der Waals surface area contributed by atoms with E-state index in [1.165, 1.54) is 6.07 Å². The maximum Gasteiger partial charge on any atom is 0.387 e. The second-order valence-electron chi connectivity index (χ2n) is 5.47. The maximum absolute atomic E-state index is 12.4. The summed E-state index contributed by atoms with van der Waals surface area (Å²) in [5, 5.41) is 8.90. The molecule has 0 aliphatic rings. The zero-order valence-electron chi connectivity index (χ0n) is 14.8. The van der Waals surface area contributed by atoms with Crippen LogP contribution in [0, 0.1) is 0 Å². The van der Waals surface area contributed by atoms with Crippen molar-refractivity contribution in [3.05, 3.63) is 29.8 Å². The minimum atomic E-state index is -2.87. The normalized spacial score (nSPS) is 12.6. The minimum absolute atomic E-state index is 0.0343. The fraction of sp³-hybridized carbons (Fsp3) is 0.529. The molecule has 0 aliphatic heterocycles. The van der Waals surface area contributed by atoms with Crippen LogP contribution in [0.2, 0.25) is 0 Å². The fourth-order valence-corrected chi connectivity index (χ4v) is 2.00. The molecule has 140 valence electrons. The van der Waals surface area contributed by atoms with Crippen LogP contribution in [0.4, 0.5) is 8.78 Å². The molecule has 0 saturated heterocycles. The number of nitrogens with zero attached hydrogens (tertiary/aromatic N) is 1. The Balaban J connectivity index is 2.44. The van der Waals surface area contributed by atoms with Gasteiger partial charge >= 0.3 is 6.61 Å². The second kappa shape index (κ2) is 11.2. The molecule has 0 bridgehead atoms. The van der Waals surface area contributed by atoms with Gasteiger partial charge in [-0.05, 0) is 19.4 Å². The molecule has 1 amide bonds. The summed E-state index contributed by atoms with van der Waals surface area (Å²) >= 11 is 0. The highest BCUT2D eigenvalue weighted by atomic mass is 19.3. The number of alkyl halides is 2. The lowest BCUT2D eigenvalue weighted by molar-refractivity contribution is -0.121. The predicted molar refractivity (Wildman–Crippen MR) is 93.8 cm³/mol. The Morgan fingerprint density at radius 3 is 2.64 bits per heavy atom. The summed E-state index contributed by atoms with van der Waals surface area (Å²) in [5.41, 5.74) is 0.584. The largest absolute Gasteiger partial charge is 0.434 e. The molecule has 0 spiro atoms. The molecule has 1 aromatic carbocycles. The zero-order chi connectivity index (χ0) is 18.7. The molecule has 0 heterocycles. The minimum Gasteiger partial charge on any atom is -0.434 e. The molecule has 8 heteroatoms. The number of rotatable bonds is 9. The Morgan fingerprint density at radius 1 is 1.28 bits per heavy atom. The van der Waals surface area contributed by atoms with E-state index in [0.717, 1.165) is 6.42 Å². The molecule has 1 aromatic rings. The Morgan fingerprint density at radius 2 is 2.00 bits per heavy atom. The topological polar surface area (TPSA) is 74.8 Å². The number of ether oxygens (including phenoxy) is 1. The fourth-order valence-electron chi connectivity index (χ4n) is 2.00. The average Bonchev–Trinajstić information content (AvgIpc) is 2.58. The third-order valence-electron chi connectivity index (χ3n) is 3.52. The molecule has 0 aromatic heterocycles. The van der Waals surface area contributed by atoms with Crippen molar-refractivity contribution in [2.75, 3.05) is 13.6 Å². The highest BCUT2D eigenvalue weighted by Gasteiger charge is 2.10. The van der Waals surface area contributed by atoms with Crippen molar-refractivity contribution in [2.45, 2.75) is 45.9 Å². The summed E-state index contributed by atoms with van der Waals surface area (Å²) < 4.78 is 29.3. The summed E-state index contributed by atoms with van der Waals surface area (Å²) in [5.74, 6) is 0.560. The van der Waals surface area contributed by atoms with E-state index in [2.05, 4.69) is 25.7 Å². The second-order valence-corrected chi connectivity index (χ2v) is 5.47. The van der Waals surface area contributed by atoms with Crippen molar-refractivity contribution < 1.29 is 18.3 Å². The lowest BCUT2D eigenvalue weighted by Crippen LogP contribution is -2.40. The molecule has 0 saturated carbocycles. The quantitative estimate of drug-likeness (QED) is 0.469. The van der Waals surface area contributed by atoms with Crippen LogP contribution in [0.1, 0.15) is 32.3 Å². The van der Waals surface area contributed by atoms with Crippen molar-refractivity contribution >= 4 is 11.9 Å². The van der Waals surface area contributed by atoms with Crippen molar-refractivity contribution in [3.8, 4) is 5.75 Å². The van der Waals surface area contributed by atoms with Gasteiger partial charge in [0.2, 0.25) is 5.91 Å². The van der Waals surface area contributed by atoms with Gasteiger partial charge < -0.3 is 20.7 Å². The van der Waals surface area contributed by atoms with E-state index < -0.39 is 6.61 Å². The Kier molecular flexibility index (Phi) is 9.28. The van der Waals surface area contributed by atoms with Crippen LogP contribution in [0.3, 0.4) is 0 Å². The number of hydrogen-bond acceptors (Lipinski definition) is 3. The number of hydrogen-bond donors (Lipinski definition) is 3. The Hall–Kier alpha value is -2.38. The van der Waals surface area contributed by atoms with Crippen molar-refractivity contribution in [2.24, 2.45) is 4.99 Å².